The number of hydrogen-bond donors (Lipinski definition) is 5. The first kappa shape index (κ1) is 37.9. The van der Waals surface area contributed by atoms with Crippen molar-refractivity contribution in [2.75, 3.05) is 57.4 Å². The molecule has 2 aliphatic rings. The molecule has 2 amide bonds. The van der Waals surface area contributed by atoms with Crippen LogP contribution in [0, 0.1) is 11.8 Å². The fourth-order valence-electron chi connectivity index (χ4n) is 5.61. The molecule has 1 aromatic rings. The Kier molecular flexibility index (Phi) is 15.5. The maximum Gasteiger partial charge on any atom is 0.227 e. The lowest BCUT2D eigenvalue weighted by Crippen LogP contribution is -2.46. The Morgan fingerprint density at radius 2 is 1.83 bits per heavy atom. The van der Waals surface area contributed by atoms with Gasteiger partial charge in [-0.25, -0.2) is 14.4 Å². The molecule has 2 saturated heterocycles. The zero-order valence-corrected chi connectivity index (χ0v) is 27.2. The van der Waals surface area contributed by atoms with Crippen LogP contribution in [0.1, 0.15) is 51.9 Å². The van der Waals surface area contributed by atoms with Gasteiger partial charge in [-0.2, -0.15) is 0 Å². The zero-order valence-electron chi connectivity index (χ0n) is 27.2. The van der Waals surface area contributed by atoms with E-state index in [0.29, 0.717) is 43.8 Å². The molecule has 262 valence electrons. The van der Waals surface area contributed by atoms with Gasteiger partial charge in [-0.05, 0) is 56.9 Å². The second kappa shape index (κ2) is 19.3. The van der Waals surface area contributed by atoms with Crippen LogP contribution in [0.5, 0.6) is 5.75 Å². The number of aliphatic hydroxyl groups is 4. The number of aliphatic hydroxyl groups excluding tert-OH is 4. The number of aromatic nitrogens is 2. The smallest absolute Gasteiger partial charge is 0.227 e. The number of nitrogens with zero attached hydrogens (tertiary/aromatic N) is 4. The van der Waals surface area contributed by atoms with Gasteiger partial charge in [0, 0.05) is 45.4 Å². The highest BCUT2D eigenvalue weighted by Gasteiger charge is 2.32. The van der Waals surface area contributed by atoms with Gasteiger partial charge in [-0.15, -0.1) is 0 Å². The first-order chi connectivity index (χ1) is 22.5. The summed E-state index contributed by atoms with van der Waals surface area (Å²) in [5.74, 6) is 0.0504. The summed E-state index contributed by atoms with van der Waals surface area (Å²) < 4.78 is 25.8. The number of nitrogens with one attached hydrogen (secondary N) is 1. The number of carbonyl (C=O) groups excluding carboxylic acids is 2. The molecular formula is C33H50FN5O8. The van der Waals surface area contributed by atoms with Gasteiger partial charge < -0.3 is 45.0 Å². The lowest BCUT2D eigenvalue weighted by atomic mass is 9.92. The summed E-state index contributed by atoms with van der Waals surface area (Å²) in [7, 11) is 0. The topological polar surface area (TPSA) is 178 Å². The summed E-state index contributed by atoms with van der Waals surface area (Å²) in [6.45, 7) is 11.9. The van der Waals surface area contributed by atoms with Crippen molar-refractivity contribution in [1.29, 1.82) is 0 Å². The molecule has 0 unspecified atom stereocenters. The van der Waals surface area contributed by atoms with Gasteiger partial charge in [0.25, 0.3) is 0 Å². The molecule has 4 atom stereocenters. The Hall–Kier alpha value is -3.59. The van der Waals surface area contributed by atoms with Gasteiger partial charge in [-0.3, -0.25) is 9.59 Å². The maximum atomic E-state index is 14.8. The SMILES string of the molecule is C=C(/C=C(/F)C(=C)CC(=O)N1CC[C@H](C(=O)NC[C@H](O)[C@@H](O)[C@H](O)CCO)C1)OCCCC1CCN(c2ncc(OCC)cn2)CC1. The molecule has 2 fully saturated rings. The molecule has 5 N–H and O–H groups in total. The highest BCUT2D eigenvalue weighted by molar-refractivity contribution is 5.83. The molecule has 0 aromatic carbocycles. The highest BCUT2D eigenvalue weighted by atomic mass is 19.1. The average molecular weight is 664 g/mol. The van der Waals surface area contributed by atoms with Crippen LogP contribution in [-0.2, 0) is 14.3 Å². The van der Waals surface area contributed by atoms with Crippen molar-refractivity contribution in [2.45, 2.75) is 70.2 Å². The van der Waals surface area contributed by atoms with E-state index in [9.17, 15) is 29.3 Å². The molecule has 0 aliphatic carbocycles. The number of carbonyl (C=O) groups is 2. The minimum absolute atomic E-state index is 0.0190. The fraction of sp³-hybridized carbons (Fsp3) is 0.636. The van der Waals surface area contributed by atoms with Crippen LogP contribution in [0.25, 0.3) is 0 Å². The Morgan fingerprint density at radius 3 is 2.49 bits per heavy atom. The number of rotatable bonds is 19. The van der Waals surface area contributed by atoms with Crippen LogP contribution in [0.2, 0.25) is 0 Å². The standard InChI is InChI=1S/C33H50FN5O8/c1-4-46-26-18-36-33(37-19-26)38-11-7-24(8-12-38)6-5-15-47-23(3)17-27(34)22(2)16-30(43)39-13-9-25(21-39)32(45)35-20-29(42)31(44)28(41)10-14-40/h17-19,24-25,28-29,31,40-42,44H,2-16,20-21H2,1H3,(H,35,45)/b27-17+/t25-,28+,29-,31-/m0/s1. The molecule has 47 heavy (non-hydrogen) atoms. The Morgan fingerprint density at radius 1 is 1.13 bits per heavy atom. The van der Waals surface area contributed by atoms with Crippen molar-refractivity contribution in [1.82, 2.24) is 20.2 Å². The van der Waals surface area contributed by atoms with Crippen LogP contribution in [0.3, 0.4) is 0 Å². The van der Waals surface area contributed by atoms with E-state index < -0.39 is 36.0 Å². The van der Waals surface area contributed by atoms with E-state index in [2.05, 4.69) is 33.3 Å². The number of allylic oxidation sites excluding steroid dienone is 2. The summed E-state index contributed by atoms with van der Waals surface area (Å²) in [6, 6.07) is 0. The third-order valence-corrected chi connectivity index (χ3v) is 8.47. The summed E-state index contributed by atoms with van der Waals surface area (Å²) in [6.07, 6.45) is 4.06. The minimum Gasteiger partial charge on any atom is -0.494 e. The molecule has 3 rings (SSSR count). The third kappa shape index (κ3) is 12.2. The Balaban J connectivity index is 1.30. The van der Waals surface area contributed by atoms with E-state index in [-0.39, 0.29) is 49.8 Å². The summed E-state index contributed by atoms with van der Waals surface area (Å²) in [4.78, 5) is 37.7. The number of ether oxygens (including phenoxy) is 2. The molecule has 0 radical (unpaired) electrons. The average Bonchev–Trinajstić information content (AvgIpc) is 3.57. The Labute approximate surface area is 275 Å². The first-order valence-corrected chi connectivity index (χ1v) is 16.3. The van der Waals surface area contributed by atoms with Crippen molar-refractivity contribution in [3.8, 4) is 5.75 Å². The van der Waals surface area contributed by atoms with Gasteiger partial charge >= 0.3 is 0 Å². The van der Waals surface area contributed by atoms with Gasteiger partial charge in [0.1, 0.15) is 17.7 Å². The first-order valence-electron chi connectivity index (χ1n) is 16.3. The second-order valence-electron chi connectivity index (χ2n) is 12.0. The number of amides is 2. The summed E-state index contributed by atoms with van der Waals surface area (Å²) in [5.41, 5.74) is -0.0190. The van der Waals surface area contributed by atoms with E-state index in [1.807, 2.05) is 6.92 Å². The predicted octanol–water partition coefficient (Wildman–Crippen LogP) is 1.63. The quantitative estimate of drug-likeness (QED) is 0.0826. The highest BCUT2D eigenvalue weighted by Crippen LogP contribution is 2.25. The molecule has 0 bridgehead atoms. The van der Waals surface area contributed by atoms with E-state index >= 15 is 0 Å². The van der Waals surface area contributed by atoms with Crippen LogP contribution in [-0.4, -0.2) is 118 Å². The van der Waals surface area contributed by atoms with Crippen molar-refractivity contribution >= 4 is 17.8 Å². The van der Waals surface area contributed by atoms with Gasteiger partial charge in [0.15, 0.2) is 5.75 Å². The molecule has 13 nitrogen and oxygen atoms in total. The van der Waals surface area contributed by atoms with Crippen molar-refractivity contribution in [3.63, 3.8) is 0 Å². The lowest BCUT2D eigenvalue weighted by molar-refractivity contribution is -0.130. The van der Waals surface area contributed by atoms with Crippen molar-refractivity contribution < 1.29 is 43.9 Å². The van der Waals surface area contributed by atoms with Crippen molar-refractivity contribution in [3.05, 3.63) is 48.8 Å². The van der Waals surface area contributed by atoms with Crippen LogP contribution in [0.4, 0.5) is 10.3 Å². The lowest BCUT2D eigenvalue weighted by Gasteiger charge is -2.32. The number of piperidine rings is 1. The van der Waals surface area contributed by atoms with Crippen LogP contribution >= 0.6 is 0 Å². The normalized spacial score (nSPS) is 19.2. The maximum absolute atomic E-state index is 14.8. The van der Waals surface area contributed by atoms with E-state index in [4.69, 9.17) is 14.6 Å². The molecule has 0 saturated carbocycles. The van der Waals surface area contributed by atoms with Gasteiger partial charge in [-0.1, -0.05) is 13.2 Å². The minimum atomic E-state index is -1.53. The Bertz CT molecular complexity index is 1210. The van der Waals surface area contributed by atoms with Crippen molar-refractivity contribution in [2.24, 2.45) is 11.8 Å². The molecule has 1 aromatic heterocycles. The zero-order chi connectivity index (χ0) is 34.3. The number of likely N-dealkylation sites (tertiary alicyclic amines) is 1. The largest absolute Gasteiger partial charge is 0.494 e. The molecule has 0 spiro atoms. The van der Waals surface area contributed by atoms with Gasteiger partial charge in [0.05, 0.1) is 50.2 Å². The number of halogens is 1. The molecule has 14 heteroatoms. The molecule has 3 heterocycles. The predicted molar refractivity (Wildman–Crippen MR) is 173 cm³/mol. The fourth-order valence-corrected chi connectivity index (χ4v) is 5.61. The molecular weight excluding hydrogens is 613 g/mol. The van der Waals surface area contributed by atoms with E-state index in [1.54, 1.807) is 12.4 Å². The monoisotopic (exact) mass is 663 g/mol. The third-order valence-electron chi connectivity index (χ3n) is 8.47. The second-order valence-corrected chi connectivity index (χ2v) is 12.0. The summed E-state index contributed by atoms with van der Waals surface area (Å²) >= 11 is 0. The number of anilines is 1. The number of hydrogen-bond acceptors (Lipinski definition) is 11. The van der Waals surface area contributed by atoms with Crippen LogP contribution < -0.4 is 15.0 Å². The van der Waals surface area contributed by atoms with E-state index in [1.165, 1.54) is 4.90 Å². The van der Waals surface area contributed by atoms with Crippen LogP contribution in [0.15, 0.2) is 48.8 Å². The van der Waals surface area contributed by atoms with Gasteiger partial charge in [0.2, 0.25) is 17.8 Å². The van der Waals surface area contributed by atoms with E-state index in [0.717, 1.165) is 44.8 Å². The molecule has 2 aliphatic heterocycles. The summed E-state index contributed by atoms with van der Waals surface area (Å²) in [5, 5.41) is 40.9.